The molecule has 3 rings (SSSR count). The summed E-state index contributed by atoms with van der Waals surface area (Å²) in [6.45, 7) is 8.13. The first-order valence-electron chi connectivity index (χ1n) is 10.4. The minimum absolute atomic E-state index is 0.311. The second-order valence-electron chi connectivity index (χ2n) is 7.29. The van der Waals surface area contributed by atoms with Gasteiger partial charge in [0, 0.05) is 39.8 Å². The summed E-state index contributed by atoms with van der Waals surface area (Å²) in [4.78, 5) is 41.3. The van der Waals surface area contributed by atoms with Crippen molar-refractivity contribution in [3.05, 3.63) is 20.8 Å². The lowest BCUT2D eigenvalue weighted by molar-refractivity contribution is -0.192. The number of nitrogens with zero attached hydrogens (tertiary/aromatic N) is 5. The summed E-state index contributed by atoms with van der Waals surface area (Å²) in [5.41, 5.74) is 0.302. The van der Waals surface area contributed by atoms with Crippen LogP contribution in [0, 0.1) is 11.8 Å². The Morgan fingerprint density at radius 3 is 2.33 bits per heavy atom. The summed E-state index contributed by atoms with van der Waals surface area (Å²) in [6, 6.07) is 0. The van der Waals surface area contributed by atoms with Gasteiger partial charge in [0.2, 0.25) is 5.95 Å². The number of imidazole rings is 1. The maximum absolute atomic E-state index is 12.9. The summed E-state index contributed by atoms with van der Waals surface area (Å²) in [5.74, 6) is 3.89. The monoisotopic (exact) mass is 472 g/mol. The van der Waals surface area contributed by atoms with E-state index in [0.717, 1.165) is 45.0 Å². The van der Waals surface area contributed by atoms with Gasteiger partial charge in [0.15, 0.2) is 11.2 Å². The number of aromatic nitrogens is 4. The van der Waals surface area contributed by atoms with Crippen LogP contribution in [0.3, 0.4) is 0 Å². The second kappa shape index (κ2) is 11.0. The third-order valence-corrected chi connectivity index (χ3v) is 5.00. The van der Waals surface area contributed by atoms with Gasteiger partial charge >= 0.3 is 17.8 Å². The fourth-order valence-electron chi connectivity index (χ4n) is 3.28. The van der Waals surface area contributed by atoms with Crippen molar-refractivity contribution in [1.29, 1.82) is 0 Å². The van der Waals surface area contributed by atoms with Gasteiger partial charge in [-0.1, -0.05) is 19.3 Å². The molecule has 182 valence electrons. The molecule has 0 unspecified atom stereocenters. The van der Waals surface area contributed by atoms with Crippen molar-refractivity contribution >= 4 is 23.1 Å². The van der Waals surface area contributed by atoms with Crippen LogP contribution in [0.4, 0.5) is 19.1 Å². The highest BCUT2D eigenvalue weighted by atomic mass is 19.4. The number of aliphatic carboxylic acids is 1. The van der Waals surface area contributed by atoms with Crippen molar-refractivity contribution < 1.29 is 23.1 Å². The van der Waals surface area contributed by atoms with Gasteiger partial charge in [0.25, 0.3) is 5.56 Å². The Balaban J connectivity index is 0.000000479. The molecule has 3 heterocycles. The molecule has 2 aromatic heterocycles. The smallest absolute Gasteiger partial charge is 0.475 e. The van der Waals surface area contributed by atoms with Crippen molar-refractivity contribution in [3.63, 3.8) is 0 Å². The standard InChI is InChI=1S/C18H26N6O2.C2HF3O2/c1-4-6-10-23-14-15(20-17(23)22-12-8-19-9-13-22)24(11-7-5-2)18(26)21(3)16(14)25;3-2(4,5)1(6)7/h19H,5,7-13H2,1-3H3;(H,6,7). The number of piperazine rings is 1. The molecular formula is C20H27F3N6O4. The number of unbranched alkanes of at least 4 members (excludes halogenated alkanes) is 1. The normalized spacial score (nSPS) is 13.8. The van der Waals surface area contributed by atoms with Gasteiger partial charge in [-0.15, -0.1) is 5.92 Å². The molecule has 1 aliphatic heterocycles. The van der Waals surface area contributed by atoms with E-state index in [0.29, 0.717) is 24.3 Å². The number of carbonyl (C=O) groups is 1. The number of nitrogens with one attached hydrogen (secondary N) is 1. The van der Waals surface area contributed by atoms with Crippen molar-refractivity contribution in [2.24, 2.45) is 7.05 Å². The molecule has 1 saturated heterocycles. The Hall–Kier alpha value is -3.27. The Labute approximate surface area is 187 Å². The third kappa shape index (κ3) is 5.95. The van der Waals surface area contributed by atoms with Gasteiger partial charge in [-0.2, -0.15) is 18.2 Å². The van der Waals surface area contributed by atoms with Crippen molar-refractivity contribution in [1.82, 2.24) is 24.0 Å². The molecule has 0 saturated carbocycles. The Bertz CT molecular complexity index is 1160. The quantitative estimate of drug-likeness (QED) is 0.618. The molecule has 0 atom stereocenters. The largest absolute Gasteiger partial charge is 0.490 e. The zero-order valence-electron chi connectivity index (χ0n) is 18.7. The van der Waals surface area contributed by atoms with Crippen molar-refractivity contribution in [2.75, 3.05) is 31.1 Å². The predicted octanol–water partition coefficient (Wildman–Crippen LogP) is 0.763. The first kappa shape index (κ1) is 26.0. The van der Waals surface area contributed by atoms with Gasteiger partial charge in [-0.25, -0.2) is 9.59 Å². The van der Waals surface area contributed by atoms with E-state index in [2.05, 4.69) is 29.0 Å². The topological polar surface area (TPSA) is 114 Å². The second-order valence-corrected chi connectivity index (χ2v) is 7.29. The van der Waals surface area contributed by atoms with Gasteiger partial charge in [0.05, 0.1) is 6.54 Å². The molecule has 33 heavy (non-hydrogen) atoms. The van der Waals surface area contributed by atoms with Crippen LogP contribution in [0.15, 0.2) is 9.59 Å². The fraction of sp³-hybridized carbons (Fsp3) is 0.600. The molecule has 13 heteroatoms. The molecule has 0 spiro atoms. The van der Waals surface area contributed by atoms with Crippen LogP contribution < -0.4 is 21.5 Å². The number of hydrogen-bond donors (Lipinski definition) is 2. The van der Waals surface area contributed by atoms with Crippen LogP contribution in [0.5, 0.6) is 0 Å². The highest BCUT2D eigenvalue weighted by molar-refractivity contribution is 5.75. The molecule has 1 aliphatic rings. The van der Waals surface area contributed by atoms with E-state index >= 15 is 0 Å². The zero-order chi connectivity index (χ0) is 24.8. The number of rotatable bonds is 5. The van der Waals surface area contributed by atoms with E-state index in [9.17, 15) is 22.8 Å². The van der Waals surface area contributed by atoms with Gasteiger partial charge in [0.1, 0.15) is 0 Å². The van der Waals surface area contributed by atoms with E-state index in [1.54, 1.807) is 11.5 Å². The predicted molar refractivity (Wildman–Crippen MR) is 116 cm³/mol. The molecular weight excluding hydrogens is 445 g/mol. The van der Waals surface area contributed by atoms with Crippen LogP contribution in [0.25, 0.3) is 11.2 Å². The number of carboxylic acids is 1. The fourth-order valence-corrected chi connectivity index (χ4v) is 3.28. The first-order valence-corrected chi connectivity index (χ1v) is 10.4. The average molecular weight is 472 g/mol. The lowest BCUT2D eigenvalue weighted by atomic mass is 10.3. The number of hydrogen-bond acceptors (Lipinski definition) is 6. The summed E-state index contributed by atoms with van der Waals surface area (Å²) in [5, 5.41) is 10.4. The van der Waals surface area contributed by atoms with E-state index in [4.69, 9.17) is 14.9 Å². The molecule has 0 aliphatic carbocycles. The van der Waals surface area contributed by atoms with E-state index in [1.165, 1.54) is 11.6 Å². The Kier molecular flexibility index (Phi) is 8.69. The third-order valence-electron chi connectivity index (χ3n) is 5.00. The van der Waals surface area contributed by atoms with E-state index in [-0.39, 0.29) is 11.2 Å². The lowest BCUT2D eigenvalue weighted by Crippen LogP contribution is -2.44. The molecule has 0 radical (unpaired) electrons. The number of alkyl halides is 3. The SMILES string of the molecule is CC#CCn1c(N2CCNCC2)nc2c1c(=O)n(C)c(=O)n2CCCC.O=C(O)C(F)(F)F. The zero-order valence-corrected chi connectivity index (χ0v) is 18.7. The number of halogens is 3. The highest BCUT2D eigenvalue weighted by Crippen LogP contribution is 2.20. The van der Waals surface area contributed by atoms with Crippen molar-refractivity contribution in [3.8, 4) is 11.8 Å². The van der Waals surface area contributed by atoms with Gasteiger partial charge < -0.3 is 15.3 Å². The molecule has 1 fully saturated rings. The minimum atomic E-state index is -5.08. The molecule has 2 N–H and O–H groups in total. The number of carboxylic acid groups (broad SMARTS) is 1. The summed E-state index contributed by atoms with van der Waals surface area (Å²) < 4.78 is 36.4. The van der Waals surface area contributed by atoms with E-state index in [1.807, 2.05) is 4.57 Å². The molecule has 0 aromatic carbocycles. The van der Waals surface area contributed by atoms with Gasteiger partial charge in [-0.3, -0.25) is 18.5 Å². The Morgan fingerprint density at radius 1 is 1.21 bits per heavy atom. The van der Waals surface area contributed by atoms with E-state index < -0.39 is 12.1 Å². The molecule has 2 aromatic rings. The Morgan fingerprint density at radius 2 is 1.82 bits per heavy atom. The van der Waals surface area contributed by atoms with Crippen LogP contribution in [0.2, 0.25) is 0 Å². The summed E-state index contributed by atoms with van der Waals surface area (Å²) in [6.07, 6.45) is -3.26. The number of fused-ring (bicyclic) bond motifs is 1. The maximum atomic E-state index is 12.9. The van der Waals surface area contributed by atoms with Crippen molar-refractivity contribution in [2.45, 2.75) is 46.0 Å². The average Bonchev–Trinajstić information content (AvgIpc) is 3.16. The lowest BCUT2D eigenvalue weighted by Gasteiger charge is -2.28. The number of aryl methyl sites for hydroxylation is 1. The summed E-state index contributed by atoms with van der Waals surface area (Å²) >= 11 is 0. The van der Waals surface area contributed by atoms with Crippen LogP contribution >= 0.6 is 0 Å². The molecule has 10 nitrogen and oxygen atoms in total. The van der Waals surface area contributed by atoms with Crippen LogP contribution in [-0.4, -0.2) is 62.1 Å². The summed E-state index contributed by atoms with van der Waals surface area (Å²) in [7, 11) is 1.53. The minimum Gasteiger partial charge on any atom is -0.475 e. The number of anilines is 1. The van der Waals surface area contributed by atoms with Crippen LogP contribution in [-0.2, 0) is 24.9 Å². The molecule has 0 amide bonds. The van der Waals surface area contributed by atoms with Crippen LogP contribution in [0.1, 0.15) is 26.7 Å². The van der Waals surface area contributed by atoms with Gasteiger partial charge in [-0.05, 0) is 13.3 Å². The maximum Gasteiger partial charge on any atom is 0.490 e. The first-order chi connectivity index (χ1) is 15.5. The highest BCUT2D eigenvalue weighted by Gasteiger charge is 2.38. The molecule has 0 bridgehead atoms.